The molecular weight excluding hydrogens is 410 g/mol. The summed E-state index contributed by atoms with van der Waals surface area (Å²) in [6.07, 6.45) is 4.04. The Morgan fingerprint density at radius 2 is 1.65 bits per heavy atom. The highest BCUT2D eigenvalue weighted by Gasteiger charge is 2.31. The first-order valence-corrected chi connectivity index (χ1v) is 12.6. The molecule has 0 bridgehead atoms. The molecule has 2 aliphatic rings. The number of carbonyl (C=O) groups excluding carboxylic acids is 1. The Balaban J connectivity index is 1.41. The van der Waals surface area contributed by atoms with Crippen LogP contribution >= 0.6 is 0 Å². The molecule has 2 unspecified atom stereocenters. The molecule has 1 amide bonds. The maximum absolute atomic E-state index is 13.0. The minimum atomic E-state index is -3.53. The maximum atomic E-state index is 13.0. The van der Waals surface area contributed by atoms with Crippen molar-refractivity contribution in [3.05, 3.63) is 54.1 Å². The predicted octanol–water partition coefficient (Wildman–Crippen LogP) is 4.35. The van der Waals surface area contributed by atoms with Crippen molar-refractivity contribution in [2.45, 2.75) is 50.5 Å². The Bertz CT molecular complexity index is 1020. The van der Waals surface area contributed by atoms with Crippen molar-refractivity contribution in [3.8, 4) is 0 Å². The molecule has 1 N–H and O–H groups in total. The van der Waals surface area contributed by atoms with Gasteiger partial charge in [0.15, 0.2) is 0 Å². The molecule has 31 heavy (non-hydrogen) atoms. The van der Waals surface area contributed by atoms with E-state index in [-0.39, 0.29) is 16.8 Å². The van der Waals surface area contributed by atoms with Gasteiger partial charge in [0.25, 0.3) is 5.91 Å². The smallest absolute Gasteiger partial charge is 0.255 e. The van der Waals surface area contributed by atoms with Gasteiger partial charge in [0.05, 0.1) is 4.90 Å². The highest BCUT2D eigenvalue weighted by atomic mass is 32.2. The highest BCUT2D eigenvalue weighted by molar-refractivity contribution is 7.89. The number of nitrogens with one attached hydrogen (secondary N) is 1. The van der Waals surface area contributed by atoms with Gasteiger partial charge in [-0.05, 0) is 80.6 Å². The number of benzene rings is 2. The van der Waals surface area contributed by atoms with E-state index in [2.05, 4.69) is 17.1 Å². The van der Waals surface area contributed by atoms with Crippen molar-refractivity contribution in [2.24, 2.45) is 5.92 Å². The Morgan fingerprint density at radius 1 is 0.935 bits per heavy atom. The average molecular weight is 442 g/mol. The molecule has 4 rings (SSSR count). The molecule has 2 aromatic rings. The third-order valence-electron chi connectivity index (χ3n) is 6.38. The molecule has 0 aliphatic carbocycles. The molecule has 2 fully saturated rings. The monoisotopic (exact) mass is 441 g/mol. The van der Waals surface area contributed by atoms with Crippen LogP contribution < -0.4 is 10.2 Å². The standard InChI is InChI=1S/C24H31N3O3S/c1-18-14-16-26(17-18)22-10-8-21(9-11-22)25-24(28)20-6-12-23(13-7-20)31(29,30)27-15-4-3-5-19(27)2/h6-13,18-19H,3-5,14-17H2,1-2H3,(H,25,28). The van der Waals surface area contributed by atoms with E-state index in [4.69, 9.17) is 0 Å². The molecule has 166 valence electrons. The van der Waals surface area contributed by atoms with E-state index in [0.29, 0.717) is 18.0 Å². The van der Waals surface area contributed by atoms with Crippen LogP contribution in [0.3, 0.4) is 0 Å². The molecule has 2 atom stereocenters. The van der Waals surface area contributed by atoms with Crippen molar-refractivity contribution < 1.29 is 13.2 Å². The molecule has 7 heteroatoms. The van der Waals surface area contributed by atoms with Gasteiger partial charge in [-0.25, -0.2) is 8.42 Å². The van der Waals surface area contributed by atoms with E-state index in [9.17, 15) is 13.2 Å². The zero-order chi connectivity index (χ0) is 22.0. The number of carbonyl (C=O) groups is 1. The van der Waals surface area contributed by atoms with E-state index >= 15 is 0 Å². The van der Waals surface area contributed by atoms with Gasteiger partial charge in [0.2, 0.25) is 10.0 Å². The first-order valence-electron chi connectivity index (χ1n) is 11.1. The van der Waals surface area contributed by atoms with Crippen molar-refractivity contribution in [1.29, 1.82) is 0 Å². The van der Waals surface area contributed by atoms with E-state index < -0.39 is 10.0 Å². The van der Waals surface area contributed by atoms with Crippen LogP contribution in [0.1, 0.15) is 49.9 Å². The largest absolute Gasteiger partial charge is 0.371 e. The summed E-state index contributed by atoms with van der Waals surface area (Å²) in [7, 11) is -3.53. The van der Waals surface area contributed by atoms with Gasteiger partial charge in [0.1, 0.15) is 0 Å². The summed E-state index contributed by atoms with van der Waals surface area (Å²) in [5, 5.41) is 2.90. The Hall–Kier alpha value is -2.38. The summed E-state index contributed by atoms with van der Waals surface area (Å²) >= 11 is 0. The molecule has 0 saturated carbocycles. The zero-order valence-electron chi connectivity index (χ0n) is 18.3. The van der Waals surface area contributed by atoms with Crippen LogP contribution in [0.4, 0.5) is 11.4 Å². The number of rotatable bonds is 5. The van der Waals surface area contributed by atoms with Gasteiger partial charge in [-0.15, -0.1) is 0 Å². The van der Waals surface area contributed by atoms with E-state index in [1.165, 1.54) is 24.2 Å². The normalized spacial score (nSPS) is 22.5. The van der Waals surface area contributed by atoms with Crippen LogP contribution in [0.15, 0.2) is 53.4 Å². The molecule has 0 spiro atoms. The van der Waals surface area contributed by atoms with Gasteiger partial charge in [-0.3, -0.25) is 4.79 Å². The fraction of sp³-hybridized carbons (Fsp3) is 0.458. The third kappa shape index (κ3) is 4.77. The molecule has 0 aromatic heterocycles. The zero-order valence-corrected chi connectivity index (χ0v) is 19.1. The van der Waals surface area contributed by atoms with E-state index in [1.54, 1.807) is 16.4 Å². The molecule has 2 saturated heterocycles. The number of piperidine rings is 1. The van der Waals surface area contributed by atoms with Crippen LogP contribution in [-0.4, -0.2) is 44.3 Å². The quantitative estimate of drug-likeness (QED) is 0.749. The summed E-state index contributed by atoms with van der Waals surface area (Å²) in [6.45, 7) is 6.90. The summed E-state index contributed by atoms with van der Waals surface area (Å²) in [5.74, 6) is 0.460. The molecule has 2 heterocycles. The number of amides is 1. The van der Waals surface area contributed by atoms with Gasteiger partial charge >= 0.3 is 0 Å². The second-order valence-corrected chi connectivity index (χ2v) is 10.7. The second kappa shape index (κ2) is 9.01. The number of anilines is 2. The third-order valence-corrected chi connectivity index (χ3v) is 8.41. The van der Waals surface area contributed by atoms with Gasteiger partial charge in [-0.1, -0.05) is 13.3 Å². The molecule has 2 aliphatic heterocycles. The minimum absolute atomic E-state index is 0.00784. The number of hydrogen-bond donors (Lipinski definition) is 1. The fourth-order valence-corrected chi connectivity index (χ4v) is 6.17. The van der Waals surface area contributed by atoms with Crippen molar-refractivity contribution in [2.75, 3.05) is 29.9 Å². The number of sulfonamides is 1. The molecule has 6 nitrogen and oxygen atoms in total. The van der Waals surface area contributed by atoms with E-state index in [1.807, 2.05) is 31.2 Å². The Labute approximate surface area is 185 Å². The van der Waals surface area contributed by atoms with Crippen LogP contribution in [0, 0.1) is 5.92 Å². The Kier molecular flexibility index (Phi) is 6.34. The highest BCUT2D eigenvalue weighted by Crippen LogP contribution is 2.26. The SMILES string of the molecule is CC1CCN(c2ccc(NC(=O)c3ccc(S(=O)(=O)N4CCCCC4C)cc3)cc2)C1. The lowest BCUT2D eigenvalue weighted by Gasteiger charge is -2.32. The van der Waals surface area contributed by atoms with Crippen molar-refractivity contribution in [1.82, 2.24) is 4.31 Å². The summed E-state index contributed by atoms with van der Waals surface area (Å²) in [6, 6.07) is 14.1. The topological polar surface area (TPSA) is 69.7 Å². The van der Waals surface area contributed by atoms with Crippen molar-refractivity contribution in [3.63, 3.8) is 0 Å². The van der Waals surface area contributed by atoms with Gasteiger partial charge < -0.3 is 10.2 Å². The van der Waals surface area contributed by atoms with Crippen molar-refractivity contribution >= 4 is 27.3 Å². The van der Waals surface area contributed by atoms with Crippen LogP contribution in [0.2, 0.25) is 0 Å². The summed E-state index contributed by atoms with van der Waals surface area (Å²) in [4.78, 5) is 15.2. The lowest BCUT2D eigenvalue weighted by atomic mass is 10.1. The lowest BCUT2D eigenvalue weighted by molar-refractivity contribution is 0.102. The molecule has 2 aromatic carbocycles. The fourth-order valence-electron chi connectivity index (χ4n) is 4.47. The number of nitrogens with zero attached hydrogens (tertiary/aromatic N) is 2. The first kappa shape index (κ1) is 21.8. The summed E-state index contributed by atoms with van der Waals surface area (Å²) in [5.41, 5.74) is 2.33. The van der Waals surface area contributed by atoms with Crippen LogP contribution in [0.25, 0.3) is 0 Å². The van der Waals surface area contributed by atoms with E-state index in [0.717, 1.165) is 38.0 Å². The maximum Gasteiger partial charge on any atom is 0.255 e. The second-order valence-electron chi connectivity index (χ2n) is 8.83. The molecular formula is C24H31N3O3S. The van der Waals surface area contributed by atoms with Crippen LogP contribution in [0.5, 0.6) is 0 Å². The summed E-state index contributed by atoms with van der Waals surface area (Å²) < 4.78 is 27.5. The average Bonchev–Trinajstić information content (AvgIpc) is 3.21. The Morgan fingerprint density at radius 3 is 2.26 bits per heavy atom. The van der Waals surface area contributed by atoms with Gasteiger partial charge in [-0.2, -0.15) is 4.31 Å². The first-order chi connectivity index (χ1) is 14.8. The predicted molar refractivity (Wildman–Crippen MR) is 124 cm³/mol. The minimum Gasteiger partial charge on any atom is -0.371 e. The lowest BCUT2D eigenvalue weighted by Crippen LogP contribution is -2.41. The van der Waals surface area contributed by atoms with Gasteiger partial charge in [0, 0.05) is 42.6 Å². The molecule has 0 radical (unpaired) electrons. The van der Waals surface area contributed by atoms with Crippen LogP contribution in [-0.2, 0) is 10.0 Å². The number of hydrogen-bond acceptors (Lipinski definition) is 4.